The first-order valence-corrected chi connectivity index (χ1v) is 8.60. The number of nitrogens with zero attached hydrogens (tertiary/aromatic N) is 6. The molecular formula is C15H15N7OS. The van der Waals surface area contributed by atoms with E-state index in [9.17, 15) is 4.79 Å². The van der Waals surface area contributed by atoms with E-state index in [4.69, 9.17) is 0 Å². The number of carbonyl (C=O) groups excluding carboxylic acids is 1. The van der Waals surface area contributed by atoms with E-state index < -0.39 is 6.04 Å². The van der Waals surface area contributed by atoms with Crippen LogP contribution in [0.25, 0.3) is 0 Å². The summed E-state index contributed by atoms with van der Waals surface area (Å²) in [5.74, 6) is 2.29. The highest BCUT2D eigenvalue weighted by Crippen LogP contribution is 2.34. The molecule has 0 bridgehead atoms. The zero-order valence-corrected chi connectivity index (χ0v) is 13.8. The van der Waals surface area contributed by atoms with Gasteiger partial charge in [-0.2, -0.15) is 16.9 Å². The minimum atomic E-state index is -0.638. The van der Waals surface area contributed by atoms with Gasteiger partial charge in [0, 0.05) is 24.1 Å². The van der Waals surface area contributed by atoms with E-state index in [-0.39, 0.29) is 5.91 Å². The summed E-state index contributed by atoms with van der Waals surface area (Å²) in [6.07, 6.45) is 1.45. The number of hydrogen-bond donors (Lipinski definition) is 1. The van der Waals surface area contributed by atoms with E-state index in [1.54, 1.807) is 16.4 Å². The van der Waals surface area contributed by atoms with Crippen LogP contribution in [-0.4, -0.2) is 35.9 Å². The van der Waals surface area contributed by atoms with Gasteiger partial charge in [0.15, 0.2) is 6.04 Å². The maximum Gasteiger partial charge on any atom is 0.255 e. The van der Waals surface area contributed by atoms with E-state index in [0.717, 1.165) is 34.1 Å². The molecule has 0 fully saturated rings. The number of aryl methyl sites for hydroxylation is 1. The largest absolute Gasteiger partial charge is 0.308 e. The predicted octanol–water partition coefficient (Wildman–Crippen LogP) is 1.38. The fraction of sp³-hybridized carbons (Fsp3) is 0.267. The summed E-state index contributed by atoms with van der Waals surface area (Å²) < 4.78 is 3.18. The van der Waals surface area contributed by atoms with E-state index >= 15 is 0 Å². The molecule has 3 heterocycles. The Labute approximate surface area is 142 Å². The van der Waals surface area contributed by atoms with Gasteiger partial charge < -0.3 is 5.32 Å². The number of hydrogen-bond acceptors (Lipinski definition) is 6. The molecular weight excluding hydrogens is 326 g/mol. The van der Waals surface area contributed by atoms with Crippen molar-refractivity contribution < 1.29 is 4.79 Å². The third-order valence-electron chi connectivity index (χ3n) is 3.95. The average molecular weight is 341 g/mol. The number of carbonyl (C=O) groups is 1. The summed E-state index contributed by atoms with van der Waals surface area (Å²) in [6.45, 7) is 0. The molecule has 4 rings (SSSR count). The highest BCUT2D eigenvalue weighted by molar-refractivity contribution is 7.98. The van der Waals surface area contributed by atoms with E-state index in [1.807, 2.05) is 37.4 Å². The second kappa shape index (κ2) is 6.08. The topological polar surface area (TPSA) is 90.5 Å². The number of nitrogens with one attached hydrogen (secondary N) is 1. The van der Waals surface area contributed by atoms with Gasteiger partial charge in [0.25, 0.3) is 5.91 Å². The Morgan fingerprint density at radius 1 is 1.29 bits per heavy atom. The minimum absolute atomic E-state index is 0.198. The van der Waals surface area contributed by atoms with Crippen molar-refractivity contribution in [3.63, 3.8) is 0 Å². The zero-order chi connectivity index (χ0) is 16.5. The SMILES string of the molecule is Cn1nc2c(c1NC(=O)C(c1ccccc1)n1cnnn1)CSC2. The van der Waals surface area contributed by atoms with E-state index in [2.05, 4.69) is 25.9 Å². The summed E-state index contributed by atoms with van der Waals surface area (Å²) in [6, 6.07) is 8.81. The Balaban J connectivity index is 1.68. The van der Waals surface area contributed by atoms with Gasteiger partial charge in [-0.05, 0) is 16.0 Å². The van der Waals surface area contributed by atoms with Crippen molar-refractivity contribution in [3.05, 3.63) is 53.5 Å². The second-order valence-corrected chi connectivity index (χ2v) is 6.47. The number of thioether (sulfide) groups is 1. The van der Waals surface area contributed by atoms with Crippen molar-refractivity contribution in [2.24, 2.45) is 7.05 Å². The standard InChI is InChI=1S/C15H15N7OS/c1-21-14(11-7-24-8-12(11)18-21)17-15(23)13(22-9-16-19-20-22)10-5-3-2-4-6-10/h2-6,9,13H,7-8H2,1H3,(H,17,23). The number of anilines is 1. The first-order chi connectivity index (χ1) is 11.7. The predicted molar refractivity (Wildman–Crippen MR) is 89.2 cm³/mol. The van der Waals surface area contributed by atoms with Crippen LogP contribution in [0.5, 0.6) is 0 Å². The summed E-state index contributed by atoms with van der Waals surface area (Å²) in [5, 5.41) is 18.7. The fourth-order valence-corrected chi connectivity index (χ4v) is 3.86. The van der Waals surface area contributed by atoms with Gasteiger partial charge in [-0.15, -0.1) is 5.10 Å². The van der Waals surface area contributed by atoms with Crippen LogP contribution >= 0.6 is 11.8 Å². The van der Waals surface area contributed by atoms with E-state index in [1.165, 1.54) is 11.0 Å². The lowest BCUT2D eigenvalue weighted by atomic mass is 10.1. The van der Waals surface area contributed by atoms with E-state index in [0.29, 0.717) is 0 Å². The molecule has 2 aromatic heterocycles. The first kappa shape index (κ1) is 14.9. The number of fused-ring (bicyclic) bond motifs is 1. The van der Waals surface area contributed by atoms with Gasteiger partial charge >= 0.3 is 0 Å². The van der Waals surface area contributed by atoms with Gasteiger partial charge in [-0.25, -0.2) is 4.68 Å². The highest BCUT2D eigenvalue weighted by atomic mass is 32.2. The molecule has 0 saturated heterocycles. The van der Waals surface area contributed by atoms with Crippen LogP contribution < -0.4 is 5.32 Å². The van der Waals surface area contributed by atoms with Crippen LogP contribution in [0.15, 0.2) is 36.7 Å². The molecule has 3 aromatic rings. The number of tetrazole rings is 1. The molecule has 9 heteroatoms. The van der Waals surface area contributed by atoms with Crippen LogP contribution in [0.2, 0.25) is 0 Å². The summed E-state index contributed by atoms with van der Waals surface area (Å²) in [5.41, 5.74) is 2.95. The quantitative estimate of drug-likeness (QED) is 0.771. The molecule has 0 saturated carbocycles. The van der Waals surface area contributed by atoms with Crippen LogP contribution in [0.3, 0.4) is 0 Å². The highest BCUT2D eigenvalue weighted by Gasteiger charge is 2.28. The number of amides is 1. The Bertz CT molecular complexity index is 860. The zero-order valence-electron chi connectivity index (χ0n) is 13.0. The molecule has 1 unspecified atom stereocenters. The molecule has 1 aromatic carbocycles. The molecule has 24 heavy (non-hydrogen) atoms. The van der Waals surface area contributed by atoms with Gasteiger partial charge in [-0.3, -0.25) is 9.48 Å². The van der Waals surface area contributed by atoms with Crippen LogP contribution in [0, 0.1) is 0 Å². The van der Waals surface area contributed by atoms with Crippen LogP contribution in [-0.2, 0) is 23.3 Å². The van der Waals surface area contributed by atoms with Gasteiger partial charge in [0.05, 0.1) is 5.69 Å². The molecule has 1 N–H and O–H groups in total. The Morgan fingerprint density at radius 2 is 2.12 bits per heavy atom. The Hall–Kier alpha value is -2.68. The van der Waals surface area contributed by atoms with Crippen molar-refractivity contribution in [1.82, 2.24) is 30.0 Å². The van der Waals surface area contributed by atoms with Gasteiger partial charge in [0.2, 0.25) is 0 Å². The number of benzene rings is 1. The van der Waals surface area contributed by atoms with Crippen molar-refractivity contribution >= 4 is 23.5 Å². The van der Waals surface area contributed by atoms with Crippen LogP contribution in [0.1, 0.15) is 22.9 Å². The Kier molecular flexibility index (Phi) is 3.77. The second-order valence-electron chi connectivity index (χ2n) is 5.48. The monoisotopic (exact) mass is 341 g/mol. The number of aromatic nitrogens is 6. The lowest BCUT2D eigenvalue weighted by Gasteiger charge is -2.17. The Morgan fingerprint density at radius 3 is 2.88 bits per heavy atom. The van der Waals surface area contributed by atoms with Crippen LogP contribution in [0.4, 0.5) is 5.82 Å². The third-order valence-corrected chi connectivity index (χ3v) is 4.92. The van der Waals surface area contributed by atoms with Crippen molar-refractivity contribution in [2.75, 3.05) is 5.32 Å². The molecule has 1 atom stereocenters. The third kappa shape index (κ3) is 2.56. The average Bonchev–Trinajstić information content (AvgIpc) is 3.30. The van der Waals surface area contributed by atoms with Gasteiger partial charge in [-0.1, -0.05) is 30.3 Å². The van der Waals surface area contributed by atoms with Crippen molar-refractivity contribution in [2.45, 2.75) is 17.5 Å². The lowest BCUT2D eigenvalue weighted by molar-refractivity contribution is -0.118. The summed E-state index contributed by atoms with van der Waals surface area (Å²) in [7, 11) is 1.84. The maximum atomic E-state index is 13.0. The van der Waals surface area contributed by atoms with Gasteiger partial charge in [0.1, 0.15) is 12.1 Å². The summed E-state index contributed by atoms with van der Waals surface area (Å²) in [4.78, 5) is 13.0. The first-order valence-electron chi connectivity index (χ1n) is 7.45. The lowest BCUT2D eigenvalue weighted by Crippen LogP contribution is -2.28. The molecule has 0 radical (unpaired) electrons. The molecule has 8 nitrogen and oxygen atoms in total. The van der Waals surface area contributed by atoms with Crippen molar-refractivity contribution in [1.29, 1.82) is 0 Å². The fourth-order valence-electron chi connectivity index (χ4n) is 2.83. The molecule has 1 amide bonds. The smallest absolute Gasteiger partial charge is 0.255 e. The molecule has 0 aliphatic carbocycles. The minimum Gasteiger partial charge on any atom is -0.308 e. The molecule has 1 aliphatic rings. The molecule has 122 valence electrons. The van der Waals surface area contributed by atoms with Crippen molar-refractivity contribution in [3.8, 4) is 0 Å². The normalized spacial score (nSPS) is 14.4. The molecule has 1 aliphatic heterocycles. The summed E-state index contributed by atoms with van der Waals surface area (Å²) >= 11 is 1.80. The molecule has 0 spiro atoms. The maximum absolute atomic E-state index is 13.0. The number of rotatable bonds is 4.